The summed E-state index contributed by atoms with van der Waals surface area (Å²) >= 11 is 0. The van der Waals surface area contributed by atoms with Crippen LogP contribution in [-0.2, 0) is 35.0 Å². The maximum atomic E-state index is 8.66. The summed E-state index contributed by atoms with van der Waals surface area (Å²) < 4.78 is 17.2. The van der Waals surface area contributed by atoms with Crippen LogP contribution in [0.5, 0.6) is 0 Å². The van der Waals surface area contributed by atoms with Crippen LogP contribution in [0.3, 0.4) is 0 Å². The predicted molar refractivity (Wildman–Crippen MR) is 18.8 cm³/mol. The SMILES string of the molecule is O=P([O-])([O-])O.O=[PH]([O-])[O-].[Hf+4]. The van der Waals surface area contributed by atoms with Gasteiger partial charge in [-0.3, -0.25) is 0 Å². The van der Waals surface area contributed by atoms with Gasteiger partial charge in [0.1, 0.15) is 0 Å². The van der Waals surface area contributed by atoms with Crippen molar-refractivity contribution in [2.75, 3.05) is 0 Å². The zero-order chi connectivity index (χ0) is 8.08. The Labute approximate surface area is 75.7 Å². The molecule has 58 valence electrons. The molecule has 0 aliphatic heterocycles. The van der Waals surface area contributed by atoms with Gasteiger partial charge in [0.2, 0.25) is 0 Å². The number of hydrogen-bond donors (Lipinski definition) is 1. The first-order chi connectivity index (χ1) is 3.73. The van der Waals surface area contributed by atoms with E-state index in [0.29, 0.717) is 0 Å². The van der Waals surface area contributed by atoms with Crippen LogP contribution in [0.15, 0.2) is 0 Å². The van der Waals surface area contributed by atoms with Crippen LogP contribution in [0.1, 0.15) is 0 Å². The molecule has 0 bridgehead atoms. The fourth-order valence-electron chi connectivity index (χ4n) is 0. The van der Waals surface area contributed by atoms with Crippen molar-refractivity contribution in [2.24, 2.45) is 0 Å². The molecule has 0 radical (unpaired) electrons. The molecule has 0 aromatic carbocycles. The smallest absolute Gasteiger partial charge is 0.813 e. The van der Waals surface area contributed by atoms with Crippen LogP contribution in [0.2, 0.25) is 0 Å². The first-order valence-electron chi connectivity index (χ1n) is 1.36. The first-order valence-corrected chi connectivity index (χ1v) is 4.08. The first kappa shape index (κ1) is 17.3. The third-order valence-corrected chi connectivity index (χ3v) is 0. The maximum absolute atomic E-state index is 8.66. The van der Waals surface area contributed by atoms with E-state index in [9.17, 15) is 0 Å². The van der Waals surface area contributed by atoms with Gasteiger partial charge in [-0.05, 0) is 0 Å². The van der Waals surface area contributed by atoms with E-state index in [0.717, 1.165) is 0 Å². The molecule has 0 amide bonds. The standard InChI is InChI=1S/Hf.H3O4P.H3O3P/c;1-5(2,3)4;1-4(2)3/h;(H3,1,2,3,4);4H,(H2,1,2,3)/q+4;;/p-4. The second kappa shape index (κ2) is 8.23. The predicted octanol–water partition coefficient (Wildman–Crippen LogP) is -4.10. The fraction of sp³-hybridized carbons (Fsp3) is 0. The van der Waals surface area contributed by atoms with Crippen LogP contribution in [-0.4, -0.2) is 4.89 Å². The Hall–Kier alpha value is 1.13. The van der Waals surface area contributed by atoms with E-state index in [1.165, 1.54) is 0 Å². The van der Waals surface area contributed by atoms with Crippen LogP contribution in [0.25, 0.3) is 0 Å². The number of rotatable bonds is 0. The van der Waals surface area contributed by atoms with Crippen molar-refractivity contribution in [1.29, 1.82) is 0 Å². The molecular formula is H2HfO7P2. The molecule has 10 heavy (non-hydrogen) atoms. The molecule has 7 nitrogen and oxygen atoms in total. The van der Waals surface area contributed by atoms with Gasteiger partial charge >= 0.3 is 25.8 Å². The van der Waals surface area contributed by atoms with Crippen LogP contribution in [0.4, 0.5) is 0 Å². The van der Waals surface area contributed by atoms with Gasteiger partial charge in [0.05, 0.1) is 7.82 Å². The van der Waals surface area contributed by atoms with E-state index < -0.39 is 16.1 Å². The van der Waals surface area contributed by atoms with Crippen molar-refractivity contribution in [3.63, 3.8) is 0 Å². The molecule has 0 rings (SSSR count). The van der Waals surface area contributed by atoms with Gasteiger partial charge in [-0.25, -0.2) is 0 Å². The van der Waals surface area contributed by atoms with E-state index in [2.05, 4.69) is 0 Å². The van der Waals surface area contributed by atoms with Crippen molar-refractivity contribution in [3.05, 3.63) is 0 Å². The Morgan fingerprint density at radius 2 is 1.30 bits per heavy atom. The average Bonchev–Trinajstić information content (AvgIpc) is 1.19. The summed E-state index contributed by atoms with van der Waals surface area (Å²) in [6, 6.07) is 0. The average molecular weight is 354 g/mol. The zero-order valence-corrected chi connectivity index (χ0v) is 9.83. The van der Waals surface area contributed by atoms with Crippen LogP contribution >= 0.6 is 16.1 Å². The Morgan fingerprint density at radius 3 is 1.30 bits per heavy atom. The van der Waals surface area contributed by atoms with E-state index in [1.807, 2.05) is 0 Å². The van der Waals surface area contributed by atoms with Crippen molar-refractivity contribution in [1.82, 2.24) is 0 Å². The molecule has 0 unspecified atom stereocenters. The topological polar surface area (TPSA) is 147 Å². The molecule has 0 saturated heterocycles. The molecule has 1 N–H and O–H groups in total. The Bertz CT molecular complexity index is 111. The molecule has 0 aliphatic carbocycles. The summed E-state index contributed by atoms with van der Waals surface area (Å²) in [5.74, 6) is 0. The largest absolute Gasteiger partial charge is 4.00 e. The Morgan fingerprint density at radius 1 is 1.30 bits per heavy atom. The molecule has 0 atom stereocenters. The molecule has 0 aliphatic rings. The molecule has 0 aromatic heterocycles. The second-order valence-corrected chi connectivity index (χ2v) is 2.16. The summed E-state index contributed by atoms with van der Waals surface area (Å²) in [5, 5.41) is 0. The minimum absolute atomic E-state index is 0. The van der Waals surface area contributed by atoms with E-state index in [1.54, 1.807) is 0 Å². The maximum Gasteiger partial charge on any atom is 4.00 e. The van der Waals surface area contributed by atoms with Gasteiger partial charge in [0.15, 0.2) is 0 Å². The van der Waals surface area contributed by atoms with Gasteiger partial charge in [-0.2, -0.15) is 0 Å². The van der Waals surface area contributed by atoms with Crippen molar-refractivity contribution >= 4 is 16.1 Å². The van der Waals surface area contributed by atoms with Crippen LogP contribution in [0, 0.1) is 0 Å². The van der Waals surface area contributed by atoms with Crippen LogP contribution < -0.4 is 19.6 Å². The van der Waals surface area contributed by atoms with Gasteiger partial charge in [0.25, 0.3) is 0 Å². The molecule has 0 fully saturated rings. The molecule has 0 spiro atoms. The summed E-state index contributed by atoms with van der Waals surface area (Å²) in [5.41, 5.74) is 0. The van der Waals surface area contributed by atoms with E-state index in [-0.39, 0.29) is 25.8 Å². The molecule has 0 aromatic rings. The summed E-state index contributed by atoms with van der Waals surface area (Å²) in [6.07, 6.45) is 0. The fourth-order valence-corrected chi connectivity index (χ4v) is 0. The molecule has 0 heterocycles. The van der Waals surface area contributed by atoms with Gasteiger partial charge in [-0.1, -0.05) is 8.25 Å². The van der Waals surface area contributed by atoms with Gasteiger partial charge in [-0.15, -0.1) is 0 Å². The van der Waals surface area contributed by atoms with E-state index in [4.69, 9.17) is 33.6 Å². The molecule has 0 saturated carbocycles. The minimum atomic E-state index is -5.14. The Kier molecular flexibility index (Phi) is 14.2. The number of phosphoric acid groups is 1. The third-order valence-electron chi connectivity index (χ3n) is 0. The third kappa shape index (κ3) is 473. The molecule has 10 heteroatoms. The van der Waals surface area contributed by atoms with Crippen molar-refractivity contribution in [3.8, 4) is 0 Å². The second-order valence-electron chi connectivity index (χ2n) is 0.719. The molecular weight excluding hydrogens is 352 g/mol. The summed E-state index contributed by atoms with van der Waals surface area (Å²) in [7, 11) is -8.77. The minimum Gasteiger partial charge on any atom is -0.813 e. The van der Waals surface area contributed by atoms with Gasteiger partial charge < -0.3 is 33.6 Å². The van der Waals surface area contributed by atoms with Crippen molar-refractivity contribution < 1.29 is 59.4 Å². The van der Waals surface area contributed by atoms with Gasteiger partial charge in [0, 0.05) is 0 Å². The van der Waals surface area contributed by atoms with Crippen molar-refractivity contribution in [2.45, 2.75) is 0 Å². The monoisotopic (exact) mass is 356 g/mol. The quantitative estimate of drug-likeness (QED) is 0.343. The normalized spacial score (nSPS) is 9.40. The summed E-state index contributed by atoms with van der Waals surface area (Å²) in [6.45, 7) is 0. The zero-order valence-electron chi connectivity index (χ0n) is 4.34. The summed E-state index contributed by atoms with van der Waals surface area (Å²) in [4.78, 5) is 41.3. The number of hydrogen-bond acceptors (Lipinski definition) is 6. The van der Waals surface area contributed by atoms with E-state index >= 15 is 0 Å². The Balaban J connectivity index is -0.0000000910.